The van der Waals surface area contributed by atoms with Crippen molar-refractivity contribution < 1.29 is 9.53 Å². The summed E-state index contributed by atoms with van der Waals surface area (Å²) >= 11 is 11.3. The van der Waals surface area contributed by atoms with Crippen molar-refractivity contribution in [2.45, 2.75) is 0 Å². The Labute approximate surface area is 84.6 Å². The third-order valence-electron chi connectivity index (χ3n) is 1.36. The molecule has 4 nitrogen and oxygen atoms in total. The summed E-state index contributed by atoms with van der Waals surface area (Å²) in [6.07, 6.45) is 0. The van der Waals surface area contributed by atoms with Gasteiger partial charge in [0.1, 0.15) is 11.0 Å². The minimum atomic E-state index is -0.598. The van der Waals surface area contributed by atoms with Gasteiger partial charge in [0.05, 0.1) is 17.7 Å². The van der Waals surface area contributed by atoms with Crippen LogP contribution in [0.4, 0.5) is 5.82 Å². The Balaban J connectivity index is 3.23. The number of carbonyl (C=O) groups excluding carboxylic acids is 1. The number of hydrogen-bond acceptors (Lipinski definition) is 4. The zero-order valence-electron chi connectivity index (χ0n) is 6.67. The van der Waals surface area contributed by atoms with Crippen molar-refractivity contribution in [1.82, 2.24) is 4.98 Å². The van der Waals surface area contributed by atoms with Crippen LogP contribution in [0.1, 0.15) is 10.4 Å². The number of nitrogen functional groups attached to an aromatic ring is 1. The molecule has 0 aliphatic carbocycles. The van der Waals surface area contributed by atoms with Crippen molar-refractivity contribution in [2.75, 3.05) is 12.8 Å². The first kappa shape index (κ1) is 10.1. The molecule has 0 fully saturated rings. The Morgan fingerprint density at radius 3 is 2.77 bits per heavy atom. The predicted octanol–water partition coefficient (Wildman–Crippen LogP) is 1.76. The molecule has 0 aliphatic heterocycles. The van der Waals surface area contributed by atoms with E-state index in [0.29, 0.717) is 0 Å². The molecule has 2 N–H and O–H groups in total. The molecule has 0 amide bonds. The first-order valence-electron chi connectivity index (χ1n) is 3.26. The van der Waals surface area contributed by atoms with Crippen LogP contribution in [0.15, 0.2) is 6.07 Å². The summed E-state index contributed by atoms with van der Waals surface area (Å²) in [5, 5.41) is 0.151. The second kappa shape index (κ2) is 3.81. The molecular formula is C7H6Cl2N2O2. The van der Waals surface area contributed by atoms with Crippen LogP contribution in [0.3, 0.4) is 0 Å². The molecule has 0 saturated heterocycles. The fraction of sp³-hybridized carbons (Fsp3) is 0.143. The van der Waals surface area contributed by atoms with E-state index in [4.69, 9.17) is 28.9 Å². The van der Waals surface area contributed by atoms with Crippen molar-refractivity contribution in [3.8, 4) is 0 Å². The molecule has 0 spiro atoms. The largest absolute Gasteiger partial charge is 0.465 e. The molecule has 0 aliphatic rings. The minimum Gasteiger partial charge on any atom is -0.465 e. The zero-order valence-corrected chi connectivity index (χ0v) is 8.19. The average Bonchev–Trinajstić information content (AvgIpc) is 2.10. The number of rotatable bonds is 1. The van der Waals surface area contributed by atoms with Crippen LogP contribution in [0.2, 0.25) is 10.2 Å². The van der Waals surface area contributed by atoms with E-state index >= 15 is 0 Å². The number of nitrogens with two attached hydrogens (primary N) is 1. The maximum atomic E-state index is 11.1. The normalized spacial score (nSPS) is 9.77. The van der Waals surface area contributed by atoms with Gasteiger partial charge in [0, 0.05) is 0 Å². The number of hydrogen-bond donors (Lipinski definition) is 1. The molecule has 0 radical (unpaired) electrons. The molecule has 0 atom stereocenters. The lowest BCUT2D eigenvalue weighted by Crippen LogP contribution is -2.05. The lowest BCUT2D eigenvalue weighted by Gasteiger charge is -2.03. The molecule has 0 unspecified atom stereocenters. The maximum Gasteiger partial charge on any atom is 0.341 e. The molecule has 1 aromatic heterocycles. The molecule has 1 aromatic rings. The summed E-state index contributed by atoms with van der Waals surface area (Å²) in [6.45, 7) is 0. The topological polar surface area (TPSA) is 65.2 Å². The number of aromatic nitrogens is 1. The van der Waals surface area contributed by atoms with Crippen LogP contribution in [0.25, 0.3) is 0 Å². The SMILES string of the molecule is COC(=O)c1cc(Cl)c(N)nc1Cl. The molecule has 1 rings (SSSR count). The van der Waals surface area contributed by atoms with Gasteiger partial charge in [-0.15, -0.1) is 0 Å². The first-order valence-corrected chi connectivity index (χ1v) is 4.01. The number of halogens is 2. The Kier molecular flexibility index (Phi) is 2.95. The Morgan fingerprint density at radius 2 is 2.23 bits per heavy atom. The number of anilines is 1. The average molecular weight is 221 g/mol. The van der Waals surface area contributed by atoms with Gasteiger partial charge in [-0.2, -0.15) is 0 Å². The Bertz CT molecular complexity index is 355. The molecule has 13 heavy (non-hydrogen) atoms. The lowest BCUT2D eigenvalue weighted by atomic mass is 10.3. The van der Waals surface area contributed by atoms with Gasteiger partial charge in [-0.05, 0) is 6.07 Å². The van der Waals surface area contributed by atoms with Crippen molar-refractivity contribution >= 4 is 35.0 Å². The molecular weight excluding hydrogens is 215 g/mol. The van der Waals surface area contributed by atoms with E-state index in [1.54, 1.807) is 0 Å². The molecule has 6 heteroatoms. The summed E-state index contributed by atoms with van der Waals surface area (Å²) in [5.74, 6) is -0.515. The van der Waals surface area contributed by atoms with E-state index < -0.39 is 5.97 Å². The number of esters is 1. The number of pyridine rings is 1. The fourth-order valence-corrected chi connectivity index (χ4v) is 1.11. The van der Waals surface area contributed by atoms with Gasteiger partial charge in [0.25, 0.3) is 0 Å². The highest BCUT2D eigenvalue weighted by Gasteiger charge is 2.14. The summed E-state index contributed by atoms with van der Waals surface area (Å²) in [5.41, 5.74) is 5.45. The summed E-state index contributed by atoms with van der Waals surface area (Å²) < 4.78 is 4.45. The van der Waals surface area contributed by atoms with Gasteiger partial charge in [-0.3, -0.25) is 0 Å². The van der Waals surface area contributed by atoms with E-state index in [1.165, 1.54) is 13.2 Å². The van der Waals surface area contributed by atoms with E-state index in [1.807, 2.05) is 0 Å². The number of methoxy groups -OCH3 is 1. The molecule has 0 bridgehead atoms. The third kappa shape index (κ3) is 2.02. The lowest BCUT2D eigenvalue weighted by molar-refractivity contribution is 0.0600. The van der Waals surface area contributed by atoms with Crippen molar-refractivity contribution in [3.05, 3.63) is 21.8 Å². The Hall–Kier alpha value is -1.00. The van der Waals surface area contributed by atoms with E-state index in [2.05, 4.69) is 9.72 Å². The quantitative estimate of drug-likeness (QED) is 0.579. The fourth-order valence-electron chi connectivity index (χ4n) is 0.733. The van der Waals surface area contributed by atoms with Gasteiger partial charge < -0.3 is 10.5 Å². The van der Waals surface area contributed by atoms with Gasteiger partial charge in [0.2, 0.25) is 0 Å². The van der Waals surface area contributed by atoms with E-state index in [-0.39, 0.29) is 21.6 Å². The van der Waals surface area contributed by atoms with Crippen LogP contribution in [-0.2, 0) is 4.74 Å². The highest BCUT2D eigenvalue weighted by atomic mass is 35.5. The standard InChI is InChI=1S/C7H6Cl2N2O2/c1-13-7(12)3-2-4(8)6(10)11-5(3)9/h2H,1H3,(H2,10,11). The summed E-state index contributed by atoms with van der Waals surface area (Å²) in [7, 11) is 1.24. The van der Waals surface area contributed by atoms with E-state index in [0.717, 1.165) is 0 Å². The van der Waals surface area contributed by atoms with Crippen LogP contribution in [-0.4, -0.2) is 18.1 Å². The highest BCUT2D eigenvalue weighted by Crippen LogP contribution is 2.23. The van der Waals surface area contributed by atoms with E-state index in [9.17, 15) is 4.79 Å². The van der Waals surface area contributed by atoms with Crippen molar-refractivity contribution in [2.24, 2.45) is 0 Å². The molecule has 1 heterocycles. The summed E-state index contributed by atoms with van der Waals surface area (Å²) in [6, 6.07) is 1.32. The Morgan fingerprint density at radius 1 is 1.62 bits per heavy atom. The van der Waals surface area contributed by atoms with Gasteiger partial charge in [-0.1, -0.05) is 23.2 Å². The molecule has 70 valence electrons. The van der Waals surface area contributed by atoms with Crippen molar-refractivity contribution in [3.63, 3.8) is 0 Å². The highest BCUT2D eigenvalue weighted by molar-refractivity contribution is 6.35. The number of ether oxygens (including phenoxy) is 1. The molecule has 0 aromatic carbocycles. The van der Waals surface area contributed by atoms with Gasteiger partial charge in [-0.25, -0.2) is 9.78 Å². The van der Waals surface area contributed by atoms with Gasteiger partial charge >= 0.3 is 5.97 Å². The maximum absolute atomic E-state index is 11.1. The molecule has 0 saturated carbocycles. The van der Waals surface area contributed by atoms with Crippen molar-refractivity contribution in [1.29, 1.82) is 0 Å². The summed E-state index contributed by atoms with van der Waals surface area (Å²) in [4.78, 5) is 14.7. The van der Waals surface area contributed by atoms with Crippen LogP contribution < -0.4 is 5.73 Å². The van der Waals surface area contributed by atoms with Crippen LogP contribution in [0.5, 0.6) is 0 Å². The first-order chi connectivity index (χ1) is 6.06. The smallest absolute Gasteiger partial charge is 0.341 e. The third-order valence-corrected chi connectivity index (χ3v) is 1.95. The zero-order chi connectivity index (χ0) is 10.0. The van der Waals surface area contributed by atoms with Gasteiger partial charge in [0.15, 0.2) is 0 Å². The van der Waals surface area contributed by atoms with Crippen LogP contribution >= 0.6 is 23.2 Å². The second-order valence-electron chi connectivity index (χ2n) is 2.19. The monoisotopic (exact) mass is 220 g/mol. The minimum absolute atomic E-state index is 0.0197. The predicted molar refractivity (Wildman–Crippen MR) is 50.0 cm³/mol. The number of carbonyl (C=O) groups is 1. The van der Waals surface area contributed by atoms with Crippen LogP contribution in [0, 0.1) is 0 Å². The number of nitrogens with zero attached hydrogens (tertiary/aromatic N) is 1. The second-order valence-corrected chi connectivity index (χ2v) is 2.95.